The fourth-order valence-electron chi connectivity index (χ4n) is 1.76. The quantitative estimate of drug-likeness (QED) is 0.723. The zero-order valence-corrected chi connectivity index (χ0v) is 13.6. The first kappa shape index (κ1) is 21.5. The van der Waals surface area contributed by atoms with Gasteiger partial charge in [0.1, 0.15) is 0 Å². The monoisotopic (exact) mass is 321 g/mol. The fraction of sp³-hybridized carbons (Fsp3) is 0.571. The van der Waals surface area contributed by atoms with E-state index in [1.807, 2.05) is 19.1 Å². The number of hydrogen-bond acceptors (Lipinski definition) is 3. The van der Waals surface area contributed by atoms with Crippen LogP contribution in [0.4, 0.5) is 0 Å². The van der Waals surface area contributed by atoms with E-state index in [0.29, 0.717) is 13.0 Å². The predicted molar refractivity (Wildman–Crippen MR) is 87.5 cm³/mol. The summed E-state index contributed by atoms with van der Waals surface area (Å²) in [5.41, 5.74) is 7.46. The van der Waals surface area contributed by atoms with Gasteiger partial charge in [-0.3, -0.25) is 9.78 Å². The molecule has 0 unspecified atom stereocenters. The molecule has 0 atom stereocenters. The van der Waals surface area contributed by atoms with Crippen molar-refractivity contribution in [1.29, 1.82) is 0 Å². The molecule has 0 spiro atoms. The molecule has 20 heavy (non-hydrogen) atoms. The van der Waals surface area contributed by atoms with E-state index in [-0.39, 0.29) is 30.7 Å². The molecule has 0 saturated carbocycles. The molecule has 1 aromatic rings. The first-order valence-corrected chi connectivity index (χ1v) is 6.61. The zero-order chi connectivity index (χ0) is 13.2. The van der Waals surface area contributed by atoms with Crippen LogP contribution in [0.2, 0.25) is 0 Å². The maximum atomic E-state index is 11.6. The van der Waals surface area contributed by atoms with Crippen molar-refractivity contribution in [1.82, 2.24) is 10.3 Å². The highest BCUT2D eigenvalue weighted by molar-refractivity contribution is 5.85. The van der Waals surface area contributed by atoms with Crippen LogP contribution in [0.1, 0.15) is 43.4 Å². The van der Waals surface area contributed by atoms with Crippen molar-refractivity contribution in [3.8, 4) is 0 Å². The van der Waals surface area contributed by atoms with Crippen molar-refractivity contribution < 1.29 is 4.79 Å². The third-order valence-corrected chi connectivity index (χ3v) is 2.93. The lowest BCUT2D eigenvalue weighted by molar-refractivity contribution is -0.121. The number of aromatic nitrogens is 1. The number of halogens is 2. The standard InChI is InChI=1S/C14H23N3O.2ClH/c1-12-7-6-10-16-13(12)11-17-14(18)8-4-2-3-5-9-15;;/h6-7,10H,2-5,8-9,11,15H2,1H3,(H,17,18);2*1H. The van der Waals surface area contributed by atoms with Gasteiger partial charge in [0.2, 0.25) is 5.91 Å². The number of pyridine rings is 1. The SMILES string of the molecule is Cc1cccnc1CNC(=O)CCCCCCN.Cl.Cl. The van der Waals surface area contributed by atoms with Crippen molar-refractivity contribution in [2.45, 2.75) is 45.6 Å². The number of nitrogens with two attached hydrogens (primary N) is 1. The van der Waals surface area contributed by atoms with Gasteiger partial charge >= 0.3 is 0 Å². The van der Waals surface area contributed by atoms with E-state index in [9.17, 15) is 4.79 Å². The lowest BCUT2D eigenvalue weighted by Gasteiger charge is -2.06. The number of nitrogens with zero attached hydrogens (tertiary/aromatic N) is 1. The molecule has 1 aromatic heterocycles. The summed E-state index contributed by atoms with van der Waals surface area (Å²) in [7, 11) is 0. The molecule has 0 fully saturated rings. The Balaban J connectivity index is 0. The first-order chi connectivity index (χ1) is 8.74. The maximum Gasteiger partial charge on any atom is 0.220 e. The maximum absolute atomic E-state index is 11.6. The van der Waals surface area contributed by atoms with E-state index in [1.54, 1.807) is 6.20 Å². The van der Waals surface area contributed by atoms with Crippen LogP contribution in [0.3, 0.4) is 0 Å². The van der Waals surface area contributed by atoms with E-state index >= 15 is 0 Å². The summed E-state index contributed by atoms with van der Waals surface area (Å²) >= 11 is 0. The van der Waals surface area contributed by atoms with Crippen LogP contribution >= 0.6 is 24.8 Å². The van der Waals surface area contributed by atoms with E-state index in [1.165, 1.54) is 0 Å². The molecule has 0 aliphatic carbocycles. The molecule has 0 radical (unpaired) electrons. The second kappa shape index (κ2) is 13.2. The summed E-state index contributed by atoms with van der Waals surface area (Å²) < 4.78 is 0. The number of amides is 1. The van der Waals surface area contributed by atoms with Crippen LogP contribution < -0.4 is 11.1 Å². The third kappa shape index (κ3) is 9.13. The molecule has 1 heterocycles. The van der Waals surface area contributed by atoms with E-state index in [2.05, 4.69) is 10.3 Å². The van der Waals surface area contributed by atoms with Gasteiger partial charge in [-0.1, -0.05) is 18.9 Å². The van der Waals surface area contributed by atoms with Gasteiger partial charge in [-0.15, -0.1) is 24.8 Å². The first-order valence-electron chi connectivity index (χ1n) is 6.61. The number of hydrogen-bond donors (Lipinski definition) is 2. The van der Waals surface area contributed by atoms with Crippen LogP contribution in [0.25, 0.3) is 0 Å². The minimum atomic E-state index is 0. The van der Waals surface area contributed by atoms with Gasteiger partial charge in [-0.05, 0) is 37.9 Å². The van der Waals surface area contributed by atoms with Gasteiger partial charge in [0, 0.05) is 12.6 Å². The number of carbonyl (C=O) groups is 1. The van der Waals surface area contributed by atoms with Gasteiger partial charge < -0.3 is 11.1 Å². The fourth-order valence-corrected chi connectivity index (χ4v) is 1.76. The summed E-state index contributed by atoms with van der Waals surface area (Å²) in [6.07, 6.45) is 6.52. The van der Waals surface area contributed by atoms with E-state index in [0.717, 1.165) is 43.5 Å². The Kier molecular flexibility index (Phi) is 14.1. The van der Waals surface area contributed by atoms with Crippen molar-refractivity contribution in [3.63, 3.8) is 0 Å². The van der Waals surface area contributed by atoms with Gasteiger partial charge in [-0.2, -0.15) is 0 Å². The third-order valence-electron chi connectivity index (χ3n) is 2.93. The molecular weight excluding hydrogens is 297 g/mol. The van der Waals surface area contributed by atoms with Crippen LogP contribution in [0.5, 0.6) is 0 Å². The average Bonchev–Trinajstić information content (AvgIpc) is 2.37. The summed E-state index contributed by atoms with van der Waals surface area (Å²) in [5, 5.41) is 2.90. The Morgan fingerprint density at radius 3 is 2.60 bits per heavy atom. The predicted octanol–water partition coefficient (Wildman–Crippen LogP) is 2.76. The molecule has 0 aromatic carbocycles. The summed E-state index contributed by atoms with van der Waals surface area (Å²) in [6.45, 7) is 3.26. The Hall–Kier alpha value is -0.840. The highest BCUT2D eigenvalue weighted by Gasteiger charge is 2.03. The second-order valence-corrected chi connectivity index (χ2v) is 4.50. The number of unbranched alkanes of at least 4 members (excludes halogenated alkanes) is 3. The molecule has 0 bridgehead atoms. The molecule has 0 aliphatic heterocycles. The zero-order valence-electron chi connectivity index (χ0n) is 11.9. The molecule has 116 valence electrons. The summed E-state index contributed by atoms with van der Waals surface area (Å²) in [6, 6.07) is 3.90. The average molecular weight is 322 g/mol. The lowest BCUT2D eigenvalue weighted by atomic mass is 10.1. The van der Waals surface area contributed by atoms with Crippen molar-refractivity contribution in [2.75, 3.05) is 6.54 Å². The normalized spacial score (nSPS) is 9.30. The van der Waals surface area contributed by atoms with E-state index < -0.39 is 0 Å². The Morgan fingerprint density at radius 2 is 1.95 bits per heavy atom. The molecule has 1 rings (SSSR count). The second-order valence-electron chi connectivity index (χ2n) is 4.50. The molecule has 0 aliphatic rings. The van der Waals surface area contributed by atoms with Gasteiger partial charge in [-0.25, -0.2) is 0 Å². The number of nitrogens with one attached hydrogen (secondary N) is 1. The van der Waals surface area contributed by atoms with Crippen LogP contribution in [-0.2, 0) is 11.3 Å². The van der Waals surface area contributed by atoms with Crippen molar-refractivity contribution >= 4 is 30.7 Å². The van der Waals surface area contributed by atoms with Crippen molar-refractivity contribution in [2.24, 2.45) is 5.73 Å². The highest BCUT2D eigenvalue weighted by Crippen LogP contribution is 2.04. The molecule has 6 heteroatoms. The molecule has 4 nitrogen and oxygen atoms in total. The molecule has 3 N–H and O–H groups in total. The summed E-state index contributed by atoms with van der Waals surface area (Å²) in [4.78, 5) is 15.8. The summed E-state index contributed by atoms with van der Waals surface area (Å²) in [5.74, 6) is 0.104. The molecule has 0 saturated heterocycles. The molecular formula is C14H25Cl2N3O. The van der Waals surface area contributed by atoms with Crippen LogP contribution in [0.15, 0.2) is 18.3 Å². The number of carbonyl (C=O) groups excluding carboxylic acids is 1. The minimum absolute atomic E-state index is 0. The largest absolute Gasteiger partial charge is 0.350 e. The van der Waals surface area contributed by atoms with Gasteiger partial charge in [0.15, 0.2) is 0 Å². The minimum Gasteiger partial charge on any atom is -0.350 e. The number of aryl methyl sites for hydroxylation is 1. The Morgan fingerprint density at radius 1 is 1.25 bits per heavy atom. The van der Waals surface area contributed by atoms with Crippen LogP contribution in [-0.4, -0.2) is 17.4 Å². The van der Waals surface area contributed by atoms with Gasteiger partial charge in [0.25, 0.3) is 0 Å². The van der Waals surface area contributed by atoms with Gasteiger partial charge in [0.05, 0.1) is 12.2 Å². The molecule has 1 amide bonds. The lowest BCUT2D eigenvalue weighted by Crippen LogP contribution is -2.23. The Bertz CT molecular complexity index is 375. The Labute approximate surface area is 133 Å². The smallest absolute Gasteiger partial charge is 0.220 e. The topological polar surface area (TPSA) is 68.0 Å². The highest BCUT2D eigenvalue weighted by atomic mass is 35.5. The van der Waals surface area contributed by atoms with Crippen LogP contribution in [0, 0.1) is 6.92 Å². The van der Waals surface area contributed by atoms with Crippen molar-refractivity contribution in [3.05, 3.63) is 29.6 Å². The number of rotatable bonds is 8. The van der Waals surface area contributed by atoms with E-state index in [4.69, 9.17) is 5.73 Å².